The highest BCUT2D eigenvalue weighted by Gasteiger charge is 2.30. The minimum Gasteiger partial charge on any atom is -0.480 e. The number of aliphatic carboxylic acids is 1. The van der Waals surface area contributed by atoms with Crippen LogP contribution in [0.1, 0.15) is 52.9 Å². The summed E-state index contributed by atoms with van der Waals surface area (Å²) in [6.07, 6.45) is 4.34. The third-order valence-electron chi connectivity index (χ3n) is 3.12. The highest BCUT2D eigenvalue weighted by atomic mass is 16.6. The van der Waals surface area contributed by atoms with Gasteiger partial charge in [-0.1, -0.05) is 19.3 Å². The molecule has 1 aliphatic carbocycles. The van der Waals surface area contributed by atoms with Crippen LogP contribution in [0.2, 0.25) is 0 Å². The first kappa shape index (κ1) is 15.8. The Morgan fingerprint density at radius 2 is 1.79 bits per heavy atom. The van der Waals surface area contributed by atoms with E-state index in [1.165, 1.54) is 0 Å². The number of ether oxygens (including phenoxy) is 1. The van der Waals surface area contributed by atoms with Crippen molar-refractivity contribution in [2.75, 3.05) is 0 Å². The number of carboxylic acid groups (broad SMARTS) is 1. The Morgan fingerprint density at radius 1 is 1.21 bits per heavy atom. The molecule has 0 bridgehead atoms. The molecule has 1 aliphatic rings. The van der Waals surface area contributed by atoms with Crippen LogP contribution in [0.4, 0.5) is 4.79 Å². The fourth-order valence-corrected chi connectivity index (χ4v) is 2.29. The van der Waals surface area contributed by atoms with Crippen LogP contribution in [0.15, 0.2) is 0 Å². The van der Waals surface area contributed by atoms with Gasteiger partial charge in [0, 0.05) is 0 Å². The Kier molecular flexibility index (Phi) is 5.60. The number of hydrazine groups is 1. The minimum atomic E-state index is -0.942. The van der Waals surface area contributed by atoms with Crippen molar-refractivity contribution in [3.63, 3.8) is 0 Å². The molecule has 1 atom stereocenters. The molecular weight excluding hydrogens is 248 g/mol. The number of hydrogen-bond acceptors (Lipinski definition) is 4. The third kappa shape index (κ3) is 5.92. The van der Waals surface area contributed by atoms with E-state index in [2.05, 4.69) is 10.9 Å². The maximum absolute atomic E-state index is 11.5. The van der Waals surface area contributed by atoms with Crippen molar-refractivity contribution in [2.45, 2.75) is 64.5 Å². The van der Waals surface area contributed by atoms with Crippen LogP contribution in [-0.2, 0) is 9.53 Å². The summed E-state index contributed by atoms with van der Waals surface area (Å²) in [6.45, 7) is 5.26. The van der Waals surface area contributed by atoms with Gasteiger partial charge in [0.25, 0.3) is 0 Å². The van der Waals surface area contributed by atoms with E-state index in [1.54, 1.807) is 20.8 Å². The zero-order valence-electron chi connectivity index (χ0n) is 11.9. The molecule has 0 heterocycles. The smallest absolute Gasteiger partial charge is 0.422 e. The lowest BCUT2D eigenvalue weighted by Gasteiger charge is -2.28. The Hall–Kier alpha value is -1.30. The maximum atomic E-state index is 11.5. The summed E-state index contributed by atoms with van der Waals surface area (Å²) in [4.78, 5) is 22.7. The predicted molar refractivity (Wildman–Crippen MR) is 70.5 cm³/mol. The molecule has 6 heteroatoms. The van der Waals surface area contributed by atoms with Gasteiger partial charge >= 0.3 is 12.1 Å². The van der Waals surface area contributed by atoms with Crippen molar-refractivity contribution < 1.29 is 19.4 Å². The summed E-state index contributed by atoms with van der Waals surface area (Å²) in [7, 11) is 0. The minimum absolute atomic E-state index is 0.0567. The summed E-state index contributed by atoms with van der Waals surface area (Å²) in [5, 5.41) is 9.22. The highest BCUT2D eigenvalue weighted by Crippen LogP contribution is 2.26. The van der Waals surface area contributed by atoms with Crippen molar-refractivity contribution in [1.29, 1.82) is 0 Å². The van der Waals surface area contributed by atoms with Crippen LogP contribution in [0, 0.1) is 5.92 Å². The molecule has 1 amide bonds. The Morgan fingerprint density at radius 3 is 2.26 bits per heavy atom. The van der Waals surface area contributed by atoms with Gasteiger partial charge in [0.2, 0.25) is 0 Å². The molecule has 1 unspecified atom stereocenters. The third-order valence-corrected chi connectivity index (χ3v) is 3.12. The predicted octanol–water partition coefficient (Wildman–Crippen LogP) is 2.05. The number of carbonyl (C=O) groups is 2. The van der Waals surface area contributed by atoms with E-state index >= 15 is 0 Å². The SMILES string of the molecule is CC(C)(C)OC(=O)NNC(C(=O)O)C1CCCCC1. The molecule has 0 aliphatic heterocycles. The second-order valence-corrected chi connectivity index (χ2v) is 5.99. The zero-order valence-corrected chi connectivity index (χ0v) is 11.9. The van der Waals surface area contributed by atoms with Gasteiger partial charge in [-0.2, -0.15) is 0 Å². The summed E-state index contributed by atoms with van der Waals surface area (Å²) in [5.74, 6) is -0.885. The molecule has 0 spiro atoms. The molecule has 0 aromatic carbocycles. The van der Waals surface area contributed by atoms with E-state index in [4.69, 9.17) is 4.74 Å². The molecule has 3 N–H and O–H groups in total. The number of rotatable bonds is 4. The van der Waals surface area contributed by atoms with Crippen molar-refractivity contribution >= 4 is 12.1 Å². The van der Waals surface area contributed by atoms with E-state index in [9.17, 15) is 14.7 Å². The van der Waals surface area contributed by atoms with Crippen molar-refractivity contribution in [1.82, 2.24) is 10.9 Å². The molecule has 0 radical (unpaired) electrons. The fourth-order valence-electron chi connectivity index (χ4n) is 2.29. The van der Waals surface area contributed by atoms with Gasteiger partial charge in [-0.25, -0.2) is 10.2 Å². The van der Waals surface area contributed by atoms with Gasteiger partial charge in [0.1, 0.15) is 11.6 Å². The van der Waals surface area contributed by atoms with Crippen LogP contribution in [-0.4, -0.2) is 28.8 Å². The van der Waals surface area contributed by atoms with Crippen LogP contribution in [0.5, 0.6) is 0 Å². The van der Waals surface area contributed by atoms with Crippen molar-refractivity contribution in [3.05, 3.63) is 0 Å². The van der Waals surface area contributed by atoms with E-state index in [1.807, 2.05) is 0 Å². The molecule has 110 valence electrons. The van der Waals surface area contributed by atoms with Gasteiger partial charge < -0.3 is 9.84 Å². The van der Waals surface area contributed by atoms with Crippen LogP contribution in [0.3, 0.4) is 0 Å². The Bertz CT molecular complexity index is 319. The monoisotopic (exact) mass is 272 g/mol. The normalized spacial score (nSPS) is 18.7. The van der Waals surface area contributed by atoms with Crippen LogP contribution >= 0.6 is 0 Å². The first-order valence-electron chi connectivity index (χ1n) is 6.77. The molecule has 1 fully saturated rings. The molecule has 1 rings (SSSR count). The van der Waals surface area contributed by atoms with E-state index < -0.39 is 23.7 Å². The number of amides is 1. The average Bonchev–Trinajstić information content (AvgIpc) is 2.27. The van der Waals surface area contributed by atoms with Gasteiger partial charge in [0.05, 0.1) is 0 Å². The largest absolute Gasteiger partial charge is 0.480 e. The first-order valence-corrected chi connectivity index (χ1v) is 6.77. The number of hydrogen-bond donors (Lipinski definition) is 3. The summed E-state index contributed by atoms with van der Waals surface area (Å²) >= 11 is 0. The number of carbonyl (C=O) groups excluding carboxylic acids is 1. The maximum Gasteiger partial charge on any atom is 0.422 e. The highest BCUT2D eigenvalue weighted by molar-refractivity contribution is 5.75. The molecular formula is C13H24N2O4. The quantitative estimate of drug-likeness (QED) is 0.682. The number of carboxylic acids is 1. The lowest BCUT2D eigenvalue weighted by Crippen LogP contribution is -2.53. The van der Waals surface area contributed by atoms with Crippen LogP contribution in [0.25, 0.3) is 0 Å². The molecule has 0 saturated heterocycles. The Labute approximate surface area is 113 Å². The second-order valence-electron chi connectivity index (χ2n) is 5.99. The average molecular weight is 272 g/mol. The molecule has 1 saturated carbocycles. The lowest BCUT2D eigenvalue weighted by molar-refractivity contribution is -0.141. The summed E-state index contributed by atoms with van der Waals surface area (Å²) < 4.78 is 5.05. The second kappa shape index (κ2) is 6.75. The van der Waals surface area contributed by atoms with Crippen molar-refractivity contribution in [2.24, 2.45) is 5.92 Å². The van der Waals surface area contributed by atoms with Gasteiger partial charge in [0.15, 0.2) is 0 Å². The lowest BCUT2D eigenvalue weighted by atomic mass is 9.84. The number of nitrogens with one attached hydrogen (secondary N) is 2. The molecule has 19 heavy (non-hydrogen) atoms. The standard InChI is InChI=1S/C13H24N2O4/c1-13(2,3)19-12(18)15-14-10(11(16)17)9-7-5-4-6-8-9/h9-10,14H,4-8H2,1-3H3,(H,15,18)(H,16,17). The molecule has 0 aromatic heterocycles. The van der Waals surface area contributed by atoms with Crippen LogP contribution < -0.4 is 10.9 Å². The van der Waals surface area contributed by atoms with Gasteiger partial charge in [-0.05, 0) is 39.5 Å². The van der Waals surface area contributed by atoms with Gasteiger partial charge in [-0.3, -0.25) is 10.2 Å². The summed E-state index contributed by atoms with van der Waals surface area (Å²) in [5.41, 5.74) is 4.31. The Balaban J connectivity index is 2.45. The zero-order chi connectivity index (χ0) is 14.5. The van der Waals surface area contributed by atoms with Crippen molar-refractivity contribution in [3.8, 4) is 0 Å². The molecule has 0 aromatic rings. The first-order chi connectivity index (χ1) is 8.79. The summed E-state index contributed by atoms with van der Waals surface area (Å²) in [6, 6.07) is -0.757. The topological polar surface area (TPSA) is 87.7 Å². The van der Waals surface area contributed by atoms with E-state index in [0.29, 0.717) is 0 Å². The van der Waals surface area contributed by atoms with E-state index in [-0.39, 0.29) is 5.92 Å². The van der Waals surface area contributed by atoms with Gasteiger partial charge in [-0.15, -0.1) is 0 Å². The fraction of sp³-hybridized carbons (Fsp3) is 0.846. The van der Waals surface area contributed by atoms with E-state index in [0.717, 1.165) is 32.1 Å². The molecule has 6 nitrogen and oxygen atoms in total.